The van der Waals surface area contributed by atoms with Gasteiger partial charge in [-0.05, 0) is 24.1 Å². The summed E-state index contributed by atoms with van der Waals surface area (Å²) in [6.45, 7) is 1.80. The average Bonchev–Trinajstić information content (AvgIpc) is 2.79. The van der Waals surface area contributed by atoms with Gasteiger partial charge in [-0.1, -0.05) is 15.9 Å². The zero-order valence-electron chi connectivity index (χ0n) is 10.9. The molecule has 0 amide bonds. The van der Waals surface area contributed by atoms with E-state index in [9.17, 15) is 4.79 Å². The van der Waals surface area contributed by atoms with Gasteiger partial charge in [0.1, 0.15) is 0 Å². The fourth-order valence-corrected chi connectivity index (χ4v) is 3.23. The van der Waals surface area contributed by atoms with Crippen molar-refractivity contribution in [2.75, 3.05) is 19.8 Å². The fraction of sp³-hybridized carbons (Fsp3) is 0.500. The minimum absolute atomic E-state index is 0.0302. The Balaban J connectivity index is 1.87. The van der Waals surface area contributed by atoms with Crippen LogP contribution in [0.5, 0.6) is 11.5 Å². The van der Waals surface area contributed by atoms with E-state index >= 15 is 0 Å². The summed E-state index contributed by atoms with van der Waals surface area (Å²) in [5.74, 6) is 0.403. The summed E-state index contributed by atoms with van der Waals surface area (Å²) in [6, 6.07) is 3.89. The molecule has 108 valence electrons. The van der Waals surface area contributed by atoms with Crippen molar-refractivity contribution in [2.45, 2.75) is 18.9 Å². The molecule has 2 N–H and O–H groups in total. The van der Waals surface area contributed by atoms with E-state index in [1.807, 2.05) is 12.1 Å². The van der Waals surface area contributed by atoms with Gasteiger partial charge in [0.25, 0.3) is 0 Å². The summed E-state index contributed by atoms with van der Waals surface area (Å²) in [4.78, 5) is 11.0. The molecule has 2 aliphatic heterocycles. The third-order valence-corrected chi connectivity index (χ3v) is 4.41. The molecule has 0 radical (unpaired) electrons. The predicted octanol–water partition coefficient (Wildman–Crippen LogP) is 2.35. The van der Waals surface area contributed by atoms with Crippen molar-refractivity contribution in [1.29, 1.82) is 0 Å². The number of rotatable bonds is 2. The van der Waals surface area contributed by atoms with Gasteiger partial charge in [-0.3, -0.25) is 4.79 Å². The first-order chi connectivity index (χ1) is 9.65. The molecule has 1 saturated heterocycles. The van der Waals surface area contributed by atoms with Crippen LogP contribution in [0.4, 0.5) is 0 Å². The van der Waals surface area contributed by atoms with Crippen molar-refractivity contribution >= 4 is 21.9 Å². The highest BCUT2D eigenvalue weighted by atomic mass is 79.9. The van der Waals surface area contributed by atoms with Crippen LogP contribution in [0.1, 0.15) is 24.4 Å². The van der Waals surface area contributed by atoms with E-state index in [0.29, 0.717) is 26.2 Å². The number of hydrogen-bond acceptors (Lipinski definition) is 4. The molecule has 1 aromatic carbocycles. The van der Waals surface area contributed by atoms with E-state index in [-0.39, 0.29) is 12.0 Å². The summed E-state index contributed by atoms with van der Waals surface area (Å²) in [7, 11) is 0. The molecule has 2 aliphatic rings. The van der Waals surface area contributed by atoms with Gasteiger partial charge in [-0.2, -0.15) is 0 Å². The minimum atomic E-state index is -0.745. The smallest absolute Gasteiger partial charge is 0.307 e. The maximum Gasteiger partial charge on any atom is 0.307 e. The SMILES string of the molecule is O=C(O)C1CNC(c2cc3c(cc2Br)OCCCO3)C1. The van der Waals surface area contributed by atoms with Gasteiger partial charge in [0.05, 0.1) is 19.1 Å². The minimum Gasteiger partial charge on any atom is -0.490 e. The van der Waals surface area contributed by atoms with Gasteiger partial charge in [-0.15, -0.1) is 0 Å². The highest BCUT2D eigenvalue weighted by Gasteiger charge is 2.31. The monoisotopic (exact) mass is 341 g/mol. The summed E-state index contributed by atoms with van der Waals surface area (Å²) < 4.78 is 12.2. The number of hydrogen-bond donors (Lipinski definition) is 2. The second-order valence-corrected chi connectivity index (χ2v) is 5.96. The molecule has 1 fully saturated rings. The molecule has 0 spiro atoms. The Morgan fingerprint density at radius 2 is 2.00 bits per heavy atom. The Morgan fingerprint density at radius 1 is 1.30 bits per heavy atom. The number of halogens is 1. The average molecular weight is 342 g/mol. The van der Waals surface area contributed by atoms with Gasteiger partial charge >= 0.3 is 5.97 Å². The van der Waals surface area contributed by atoms with Crippen LogP contribution in [0.15, 0.2) is 16.6 Å². The third kappa shape index (κ3) is 2.62. The molecule has 0 saturated carbocycles. The first-order valence-corrected chi connectivity index (χ1v) is 7.49. The van der Waals surface area contributed by atoms with Crippen molar-refractivity contribution in [1.82, 2.24) is 5.32 Å². The van der Waals surface area contributed by atoms with Gasteiger partial charge in [0.2, 0.25) is 0 Å². The lowest BCUT2D eigenvalue weighted by Crippen LogP contribution is -2.17. The fourth-order valence-electron chi connectivity index (χ4n) is 2.63. The largest absolute Gasteiger partial charge is 0.490 e. The van der Waals surface area contributed by atoms with Gasteiger partial charge in [0.15, 0.2) is 11.5 Å². The lowest BCUT2D eigenvalue weighted by atomic mass is 10.00. The number of carboxylic acids is 1. The number of fused-ring (bicyclic) bond motifs is 1. The number of benzene rings is 1. The van der Waals surface area contributed by atoms with Crippen LogP contribution in [0.25, 0.3) is 0 Å². The summed E-state index contributed by atoms with van der Waals surface area (Å²) in [5.41, 5.74) is 1.03. The zero-order chi connectivity index (χ0) is 14.1. The molecule has 2 unspecified atom stereocenters. The zero-order valence-corrected chi connectivity index (χ0v) is 12.5. The van der Waals surface area contributed by atoms with Crippen LogP contribution in [0.3, 0.4) is 0 Å². The van der Waals surface area contributed by atoms with Crippen molar-refractivity contribution in [3.05, 3.63) is 22.2 Å². The quantitative estimate of drug-likeness (QED) is 0.864. The first kappa shape index (κ1) is 13.7. The highest BCUT2D eigenvalue weighted by molar-refractivity contribution is 9.10. The Kier molecular flexibility index (Phi) is 3.85. The van der Waals surface area contributed by atoms with Gasteiger partial charge < -0.3 is 19.9 Å². The second kappa shape index (κ2) is 5.61. The first-order valence-electron chi connectivity index (χ1n) is 6.70. The van der Waals surface area contributed by atoms with Crippen molar-refractivity contribution in [3.8, 4) is 11.5 Å². The lowest BCUT2D eigenvalue weighted by Gasteiger charge is -2.16. The van der Waals surface area contributed by atoms with Gasteiger partial charge in [-0.25, -0.2) is 0 Å². The van der Waals surface area contributed by atoms with Crippen LogP contribution in [0.2, 0.25) is 0 Å². The Bertz CT molecular complexity index is 534. The number of carboxylic acid groups (broad SMARTS) is 1. The van der Waals surface area contributed by atoms with E-state index in [0.717, 1.165) is 28.0 Å². The Labute approximate surface area is 125 Å². The number of aliphatic carboxylic acids is 1. The molecular weight excluding hydrogens is 326 g/mol. The summed E-state index contributed by atoms with van der Waals surface area (Å²) in [5, 5.41) is 12.3. The lowest BCUT2D eigenvalue weighted by molar-refractivity contribution is -0.141. The maximum atomic E-state index is 11.0. The molecule has 0 aromatic heterocycles. The van der Waals surface area contributed by atoms with Crippen molar-refractivity contribution in [2.24, 2.45) is 5.92 Å². The summed E-state index contributed by atoms with van der Waals surface area (Å²) in [6.07, 6.45) is 1.46. The van der Waals surface area contributed by atoms with Crippen LogP contribution in [-0.4, -0.2) is 30.8 Å². The van der Waals surface area contributed by atoms with Gasteiger partial charge in [0, 0.05) is 23.5 Å². The molecular formula is C14H16BrNO4. The number of ether oxygens (including phenoxy) is 2. The van der Waals surface area contributed by atoms with Crippen LogP contribution in [0, 0.1) is 5.92 Å². The summed E-state index contributed by atoms with van der Waals surface area (Å²) >= 11 is 3.54. The standard InChI is InChI=1S/C14H16BrNO4/c15-10-6-13-12(19-2-1-3-20-13)5-9(10)11-4-8(7-16-11)14(17)18/h5-6,8,11,16H,1-4,7H2,(H,17,18). The maximum absolute atomic E-state index is 11.0. The highest BCUT2D eigenvalue weighted by Crippen LogP contribution is 2.40. The molecule has 2 heterocycles. The molecule has 5 nitrogen and oxygen atoms in total. The third-order valence-electron chi connectivity index (χ3n) is 3.72. The molecule has 1 aromatic rings. The topological polar surface area (TPSA) is 67.8 Å². The molecule has 20 heavy (non-hydrogen) atoms. The van der Waals surface area contributed by atoms with E-state index in [1.54, 1.807) is 0 Å². The molecule has 0 aliphatic carbocycles. The van der Waals surface area contributed by atoms with Crippen LogP contribution in [-0.2, 0) is 4.79 Å². The van der Waals surface area contributed by atoms with E-state index in [2.05, 4.69) is 21.2 Å². The number of carbonyl (C=O) groups is 1. The molecule has 2 atom stereocenters. The van der Waals surface area contributed by atoms with Crippen LogP contribution < -0.4 is 14.8 Å². The Morgan fingerprint density at radius 3 is 2.65 bits per heavy atom. The van der Waals surface area contributed by atoms with E-state index in [4.69, 9.17) is 14.6 Å². The molecule has 3 rings (SSSR count). The Hall–Kier alpha value is -1.27. The van der Waals surface area contributed by atoms with Crippen molar-refractivity contribution < 1.29 is 19.4 Å². The second-order valence-electron chi connectivity index (χ2n) is 5.10. The van der Waals surface area contributed by atoms with E-state index in [1.165, 1.54) is 0 Å². The predicted molar refractivity (Wildman–Crippen MR) is 76.2 cm³/mol. The molecule has 6 heteroatoms. The van der Waals surface area contributed by atoms with Crippen molar-refractivity contribution in [3.63, 3.8) is 0 Å². The normalized spacial score (nSPS) is 25.2. The van der Waals surface area contributed by atoms with E-state index < -0.39 is 5.97 Å². The van der Waals surface area contributed by atoms with Crippen LogP contribution >= 0.6 is 15.9 Å². The number of nitrogens with one attached hydrogen (secondary N) is 1. The molecule has 0 bridgehead atoms.